The highest BCUT2D eigenvalue weighted by Crippen LogP contribution is 2.15. The van der Waals surface area contributed by atoms with Crippen LogP contribution in [0.3, 0.4) is 0 Å². The van der Waals surface area contributed by atoms with Gasteiger partial charge in [-0.15, -0.1) is 11.3 Å². The van der Waals surface area contributed by atoms with E-state index in [1.807, 2.05) is 6.07 Å². The summed E-state index contributed by atoms with van der Waals surface area (Å²) >= 11 is 1.39. The minimum absolute atomic E-state index is 0.0187. The molecule has 0 aliphatic rings. The Balaban J connectivity index is 2.32. The molecule has 1 aromatic rings. The number of carbonyl (C=O) groups is 1. The number of rotatable bonds is 7. The van der Waals surface area contributed by atoms with Crippen molar-refractivity contribution in [2.24, 2.45) is 5.92 Å². The Bertz CT molecular complexity index is 468. The van der Waals surface area contributed by atoms with Crippen molar-refractivity contribution in [1.29, 1.82) is 0 Å². The maximum Gasteiger partial charge on any atom is 0.261 e. The fraction of sp³-hybridized carbons (Fsp3) is 0.562. The monoisotopic (exact) mass is 293 g/mol. The van der Waals surface area contributed by atoms with E-state index in [2.05, 4.69) is 31.0 Å². The van der Waals surface area contributed by atoms with Crippen LogP contribution in [0.4, 0.5) is 0 Å². The Hall–Kier alpha value is -1.31. The Morgan fingerprint density at radius 3 is 2.90 bits per heavy atom. The first-order valence-electron chi connectivity index (χ1n) is 7.11. The van der Waals surface area contributed by atoms with E-state index in [1.54, 1.807) is 6.07 Å². The second-order valence-corrected chi connectivity index (χ2v) is 6.17. The third-order valence-corrected chi connectivity index (χ3v) is 3.77. The Morgan fingerprint density at radius 2 is 2.20 bits per heavy atom. The van der Waals surface area contributed by atoms with E-state index < -0.39 is 0 Å². The largest absolute Gasteiger partial charge is 0.395 e. The Labute approximate surface area is 125 Å². The molecular weight excluding hydrogens is 270 g/mol. The Morgan fingerprint density at radius 1 is 1.40 bits per heavy atom. The number of amides is 1. The van der Waals surface area contributed by atoms with E-state index in [9.17, 15) is 4.79 Å². The van der Waals surface area contributed by atoms with Gasteiger partial charge in [-0.2, -0.15) is 0 Å². The molecule has 0 saturated heterocycles. The van der Waals surface area contributed by atoms with Gasteiger partial charge in [0, 0.05) is 13.0 Å². The van der Waals surface area contributed by atoms with Gasteiger partial charge < -0.3 is 10.4 Å². The molecule has 0 atom stereocenters. The molecule has 0 saturated carbocycles. The third-order valence-electron chi connectivity index (χ3n) is 2.77. The standard InChI is InChI=1S/C16H23NO2S/c1-13(2)7-3-5-11-17-16(19)15-10-9-14(20-15)8-4-6-12-18/h9-10,13,18H,3,5-7,11-12H2,1-2H3,(H,17,19). The molecule has 0 spiro atoms. The van der Waals surface area contributed by atoms with E-state index in [0.29, 0.717) is 11.3 Å². The second-order valence-electron chi connectivity index (χ2n) is 5.08. The summed E-state index contributed by atoms with van der Waals surface area (Å²) in [7, 11) is 0. The zero-order chi connectivity index (χ0) is 14.8. The van der Waals surface area contributed by atoms with Gasteiger partial charge in [0.25, 0.3) is 5.91 Å². The van der Waals surface area contributed by atoms with Crippen LogP contribution in [0.25, 0.3) is 0 Å². The first-order chi connectivity index (χ1) is 9.63. The molecular formula is C16H23NO2S. The number of aliphatic hydroxyl groups excluding tert-OH is 1. The summed E-state index contributed by atoms with van der Waals surface area (Å²) in [5, 5.41) is 11.6. The molecule has 110 valence electrons. The number of carbonyl (C=O) groups excluding carboxylic acids is 1. The van der Waals surface area contributed by atoms with Crippen molar-refractivity contribution in [3.05, 3.63) is 21.9 Å². The average molecular weight is 293 g/mol. The van der Waals surface area contributed by atoms with Gasteiger partial charge >= 0.3 is 0 Å². The van der Waals surface area contributed by atoms with Crippen molar-refractivity contribution in [2.45, 2.75) is 39.5 Å². The highest BCUT2D eigenvalue weighted by molar-refractivity contribution is 7.14. The lowest BCUT2D eigenvalue weighted by Crippen LogP contribution is -2.23. The molecule has 1 amide bonds. The van der Waals surface area contributed by atoms with Gasteiger partial charge in [-0.3, -0.25) is 4.79 Å². The summed E-state index contributed by atoms with van der Waals surface area (Å²) < 4.78 is 0. The van der Waals surface area contributed by atoms with Crippen molar-refractivity contribution in [1.82, 2.24) is 5.32 Å². The molecule has 2 N–H and O–H groups in total. The Kier molecular flexibility index (Phi) is 8.01. The second kappa shape index (κ2) is 9.57. The summed E-state index contributed by atoms with van der Waals surface area (Å²) in [6.07, 6.45) is 3.85. The van der Waals surface area contributed by atoms with Crippen LogP contribution in [-0.2, 0) is 0 Å². The van der Waals surface area contributed by atoms with Gasteiger partial charge in [0.05, 0.1) is 16.4 Å². The predicted octanol–water partition coefficient (Wildman–Crippen LogP) is 3.04. The normalized spacial score (nSPS) is 10.2. The van der Waals surface area contributed by atoms with Crippen LogP contribution >= 0.6 is 11.3 Å². The first kappa shape index (κ1) is 16.7. The summed E-state index contributed by atoms with van der Waals surface area (Å²) in [6, 6.07) is 3.65. The SMILES string of the molecule is CC(C)CCCCNC(=O)c1ccc(C#CCCO)s1. The number of hydrogen-bond acceptors (Lipinski definition) is 3. The molecule has 1 aromatic heterocycles. The van der Waals surface area contributed by atoms with Crippen molar-refractivity contribution < 1.29 is 9.90 Å². The lowest BCUT2D eigenvalue weighted by molar-refractivity contribution is 0.0957. The molecule has 0 unspecified atom stereocenters. The highest BCUT2D eigenvalue weighted by Gasteiger charge is 2.07. The molecule has 4 heteroatoms. The molecule has 0 bridgehead atoms. The number of unbranched alkanes of at least 4 members (excludes halogenated alkanes) is 1. The van der Waals surface area contributed by atoms with E-state index in [1.165, 1.54) is 17.8 Å². The summed E-state index contributed by atoms with van der Waals surface area (Å²) in [5.41, 5.74) is 0. The lowest BCUT2D eigenvalue weighted by atomic mass is 10.1. The van der Waals surface area contributed by atoms with Gasteiger partial charge in [-0.1, -0.05) is 38.5 Å². The van der Waals surface area contributed by atoms with Crippen molar-refractivity contribution in [3.63, 3.8) is 0 Å². The van der Waals surface area contributed by atoms with E-state index in [-0.39, 0.29) is 12.5 Å². The highest BCUT2D eigenvalue weighted by atomic mass is 32.1. The van der Waals surface area contributed by atoms with Crippen molar-refractivity contribution in [3.8, 4) is 11.8 Å². The third kappa shape index (κ3) is 6.74. The average Bonchev–Trinajstić information content (AvgIpc) is 2.87. The van der Waals surface area contributed by atoms with Crippen LogP contribution in [-0.4, -0.2) is 24.2 Å². The van der Waals surface area contributed by atoms with E-state index in [4.69, 9.17) is 5.11 Å². The van der Waals surface area contributed by atoms with Crippen LogP contribution in [0.2, 0.25) is 0 Å². The van der Waals surface area contributed by atoms with E-state index in [0.717, 1.165) is 30.2 Å². The zero-order valence-electron chi connectivity index (χ0n) is 12.2. The molecule has 0 aliphatic carbocycles. The lowest BCUT2D eigenvalue weighted by Gasteiger charge is -2.05. The maximum absolute atomic E-state index is 11.9. The van der Waals surface area contributed by atoms with Crippen LogP contribution in [0.5, 0.6) is 0 Å². The van der Waals surface area contributed by atoms with Crippen LogP contribution in [0.1, 0.15) is 54.1 Å². The summed E-state index contributed by atoms with van der Waals surface area (Å²) in [4.78, 5) is 13.5. The van der Waals surface area contributed by atoms with Crippen LogP contribution < -0.4 is 5.32 Å². The zero-order valence-corrected chi connectivity index (χ0v) is 13.1. The molecule has 1 rings (SSSR count). The number of thiophene rings is 1. The molecule has 20 heavy (non-hydrogen) atoms. The first-order valence-corrected chi connectivity index (χ1v) is 7.93. The molecule has 0 fully saturated rings. The summed E-state index contributed by atoms with van der Waals surface area (Å²) in [6.45, 7) is 5.23. The predicted molar refractivity (Wildman–Crippen MR) is 83.9 cm³/mol. The quantitative estimate of drug-likeness (QED) is 0.599. The smallest absolute Gasteiger partial charge is 0.261 e. The van der Waals surface area contributed by atoms with Gasteiger partial charge in [0.15, 0.2) is 0 Å². The fourth-order valence-electron chi connectivity index (χ4n) is 1.70. The van der Waals surface area contributed by atoms with Gasteiger partial charge in [0.1, 0.15) is 0 Å². The van der Waals surface area contributed by atoms with Crippen LogP contribution in [0.15, 0.2) is 12.1 Å². The molecule has 0 aliphatic heterocycles. The summed E-state index contributed by atoms with van der Waals surface area (Å²) in [5.74, 6) is 6.50. The van der Waals surface area contributed by atoms with Crippen LogP contribution in [0, 0.1) is 17.8 Å². The maximum atomic E-state index is 11.9. The van der Waals surface area contributed by atoms with Crippen molar-refractivity contribution in [2.75, 3.05) is 13.2 Å². The molecule has 0 radical (unpaired) electrons. The van der Waals surface area contributed by atoms with Gasteiger partial charge in [-0.05, 0) is 24.5 Å². The molecule has 3 nitrogen and oxygen atoms in total. The molecule has 0 aromatic carbocycles. The van der Waals surface area contributed by atoms with Gasteiger partial charge in [0.2, 0.25) is 0 Å². The minimum atomic E-state index is -0.0187. The van der Waals surface area contributed by atoms with Gasteiger partial charge in [-0.25, -0.2) is 0 Å². The minimum Gasteiger partial charge on any atom is -0.395 e. The van der Waals surface area contributed by atoms with E-state index >= 15 is 0 Å². The number of aliphatic hydroxyl groups is 1. The topological polar surface area (TPSA) is 49.3 Å². The molecule has 1 heterocycles. The fourth-order valence-corrected chi connectivity index (χ4v) is 2.50. The number of nitrogens with one attached hydrogen (secondary N) is 1. The number of hydrogen-bond donors (Lipinski definition) is 2. The van der Waals surface area contributed by atoms with Crippen molar-refractivity contribution >= 4 is 17.2 Å².